The van der Waals surface area contributed by atoms with Gasteiger partial charge in [-0.1, -0.05) is 36.7 Å². The Hall–Kier alpha value is -0.500. The molecule has 4 nitrogen and oxygen atoms in total. The van der Waals surface area contributed by atoms with Crippen molar-refractivity contribution in [2.45, 2.75) is 44.7 Å². The van der Waals surface area contributed by atoms with Gasteiger partial charge < -0.3 is 5.11 Å². The highest BCUT2D eigenvalue weighted by atomic mass is 79.9. The quantitative estimate of drug-likeness (QED) is 0.812. The monoisotopic (exact) mass is 367 g/mol. The summed E-state index contributed by atoms with van der Waals surface area (Å²) in [5.41, 5.74) is -0.0580. The molecule has 0 saturated carbocycles. The number of benzene rings is 1. The zero-order chi connectivity index (χ0) is 15.5. The van der Waals surface area contributed by atoms with Gasteiger partial charge in [0.1, 0.15) is 10.7 Å². The summed E-state index contributed by atoms with van der Waals surface area (Å²) >= 11 is 3.12. The summed E-state index contributed by atoms with van der Waals surface area (Å²) in [6.45, 7) is 5.10. The van der Waals surface area contributed by atoms with Crippen LogP contribution >= 0.6 is 15.9 Å². The molecule has 0 heterocycles. The number of halogens is 2. The lowest BCUT2D eigenvalue weighted by Crippen LogP contribution is -2.38. The SMILES string of the molecule is CCC(NS(=O)(=O)c1cc(Br)cc(CO)c1F)C(C)C. The van der Waals surface area contributed by atoms with E-state index in [9.17, 15) is 12.8 Å². The third-order valence-corrected chi connectivity index (χ3v) is 5.04. The summed E-state index contributed by atoms with van der Waals surface area (Å²) in [6.07, 6.45) is 0.610. The van der Waals surface area contributed by atoms with Crippen molar-refractivity contribution in [1.82, 2.24) is 4.72 Å². The smallest absolute Gasteiger partial charge is 0.243 e. The fourth-order valence-electron chi connectivity index (χ4n) is 1.88. The molecule has 1 unspecified atom stereocenters. The molecule has 20 heavy (non-hydrogen) atoms. The Morgan fingerprint density at radius 3 is 2.45 bits per heavy atom. The Kier molecular flexibility index (Phi) is 6.12. The standard InChI is InChI=1S/C13H19BrFNO3S/c1-4-11(8(2)3)16-20(18,19)12-6-10(14)5-9(7-17)13(12)15/h5-6,8,11,16-17H,4,7H2,1-3H3. The normalized spacial score (nSPS) is 13.8. The Balaban J connectivity index is 3.25. The summed E-state index contributed by atoms with van der Waals surface area (Å²) in [4.78, 5) is -0.449. The third kappa shape index (κ3) is 4.00. The van der Waals surface area contributed by atoms with Crippen LogP contribution in [0.4, 0.5) is 4.39 Å². The van der Waals surface area contributed by atoms with Gasteiger partial charge >= 0.3 is 0 Å². The zero-order valence-corrected chi connectivity index (χ0v) is 14.1. The molecule has 0 saturated heterocycles. The molecule has 2 N–H and O–H groups in total. The van der Waals surface area contributed by atoms with Gasteiger partial charge in [-0.05, 0) is 24.5 Å². The summed E-state index contributed by atoms with van der Waals surface area (Å²) in [5, 5.41) is 9.07. The van der Waals surface area contributed by atoms with Crippen LogP contribution in [0.25, 0.3) is 0 Å². The highest BCUT2D eigenvalue weighted by molar-refractivity contribution is 9.10. The van der Waals surface area contributed by atoms with Gasteiger partial charge in [-0.3, -0.25) is 0 Å². The second kappa shape index (κ2) is 6.98. The molecule has 7 heteroatoms. The molecule has 1 rings (SSSR count). The van der Waals surface area contributed by atoms with Crippen molar-refractivity contribution < 1.29 is 17.9 Å². The molecule has 1 aromatic rings. The van der Waals surface area contributed by atoms with Gasteiger partial charge in [-0.15, -0.1) is 0 Å². The van der Waals surface area contributed by atoms with E-state index in [-0.39, 0.29) is 17.5 Å². The maximum atomic E-state index is 14.1. The first kappa shape index (κ1) is 17.6. The minimum atomic E-state index is -3.97. The maximum Gasteiger partial charge on any atom is 0.243 e. The van der Waals surface area contributed by atoms with E-state index in [0.29, 0.717) is 10.9 Å². The van der Waals surface area contributed by atoms with E-state index in [1.54, 1.807) is 0 Å². The lowest BCUT2D eigenvalue weighted by atomic mass is 10.0. The summed E-state index contributed by atoms with van der Waals surface area (Å²) in [7, 11) is -3.97. The molecule has 0 fully saturated rings. The van der Waals surface area contributed by atoms with Crippen LogP contribution in [0.3, 0.4) is 0 Å². The second-order valence-electron chi connectivity index (χ2n) is 4.92. The van der Waals surface area contributed by atoms with Crippen molar-refractivity contribution in [3.05, 3.63) is 28.0 Å². The van der Waals surface area contributed by atoms with Gasteiger partial charge in [-0.2, -0.15) is 0 Å². The lowest BCUT2D eigenvalue weighted by Gasteiger charge is -2.21. The highest BCUT2D eigenvalue weighted by Gasteiger charge is 2.26. The number of hydrogen-bond acceptors (Lipinski definition) is 3. The fraction of sp³-hybridized carbons (Fsp3) is 0.538. The van der Waals surface area contributed by atoms with E-state index in [0.717, 1.165) is 0 Å². The van der Waals surface area contributed by atoms with Gasteiger partial charge in [-0.25, -0.2) is 17.5 Å². The average molecular weight is 368 g/mol. The van der Waals surface area contributed by atoms with Crippen molar-refractivity contribution in [3.8, 4) is 0 Å². The number of aliphatic hydroxyl groups is 1. The molecule has 0 aliphatic carbocycles. The van der Waals surface area contributed by atoms with Gasteiger partial charge in [0.15, 0.2) is 0 Å². The number of aliphatic hydroxyl groups excluding tert-OH is 1. The average Bonchev–Trinajstić information content (AvgIpc) is 2.37. The Bertz CT molecular complexity index is 575. The predicted octanol–water partition coefficient (Wildman–Crippen LogP) is 2.79. The van der Waals surface area contributed by atoms with E-state index >= 15 is 0 Å². The van der Waals surface area contributed by atoms with E-state index in [1.807, 2.05) is 20.8 Å². The first-order chi connectivity index (χ1) is 9.22. The number of rotatable bonds is 6. The molecular formula is C13H19BrFNO3S. The Morgan fingerprint density at radius 2 is 2.00 bits per heavy atom. The number of sulfonamides is 1. The van der Waals surface area contributed by atoms with Crippen LogP contribution in [0.15, 0.2) is 21.5 Å². The Morgan fingerprint density at radius 1 is 1.40 bits per heavy atom. The minimum Gasteiger partial charge on any atom is -0.392 e. The van der Waals surface area contributed by atoms with Gasteiger partial charge in [0.25, 0.3) is 0 Å². The van der Waals surface area contributed by atoms with Crippen molar-refractivity contribution in [3.63, 3.8) is 0 Å². The molecule has 114 valence electrons. The van der Waals surface area contributed by atoms with Gasteiger partial charge in [0, 0.05) is 16.1 Å². The van der Waals surface area contributed by atoms with Gasteiger partial charge in [0.05, 0.1) is 6.61 Å². The fourth-order valence-corrected chi connectivity index (χ4v) is 4.15. The summed E-state index contributed by atoms with van der Waals surface area (Å²) in [6, 6.07) is 2.29. The number of nitrogens with one attached hydrogen (secondary N) is 1. The van der Waals surface area contributed by atoms with Gasteiger partial charge in [0.2, 0.25) is 10.0 Å². The molecule has 1 atom stereocenters. The van der Waals surface area contributed by atoms with Crippen LogP contribution in [0.2, 0.25) is 0 Å². The summed E-state index contributed by atoms with van der Waals surface area (Å²) < 4.78 is 41.6. The van der Waals surface area contributed by atoms with Crippen molar-refractivity contribution in [1.29, 1.82) is 0 Å². The molecule has 0 spiro atoms. The molecule has 0 aliphatic heterocycles. The molecule has 1 aromatic carbocycles. The number of hydrogen-bond donors (Lipinski definition) is 2. The van der Waals surface area contributed by atoms with Crippen molar-refractivity contribution >= 4 is 26.0 Å². The first-order valence-corrected chi connectivity index (χ1v) is 8.61. The van der Waals surface area contributed by atoms with E-state index < -0.39 is 27.3 Å². The van der Waals surface area contributed by atoms with Crippen LogP contribution in [0.1, 0.15) is 32.8 Å². The van der Waals surface area contributed by atoms with Crippen LogP contribution in [0, 0.1) is 11.7 Å². The molecule has 0 bridgehead atoms. The molecule has 0 aliphatic rings. The van der Waals surface area contributed by atoms with Crippen LogP contribution in [-0.4, -0.2) is 19.6 Å². The van der Waals surface area contributed by atoms with E-state index in [2.05, 4.69) is 20.7 Å². The molecule has 0 radical (unpaired) electrons. The molecule has 0 aromatic heterocycles. The molecule has 0 amide bonds. The zero-order valence-electron chi connectivity index (χ0n) is 11.7. The first-order valence-electron chi connectivity index (χ1n) is 6.34. The second-order valence-corrected chi connectivity index (χ2v) is 7.51. The minimum absolute atomic E-state index is 0.0580. The maximum absolute atomic E-state index is 14.1. The predicted molar refractivity (Wildman–Crippen MR) is 79.3 cm³/mol. The topological polar surface area (TPSA) is 66.4 Å². The van der Waals surface area contributed by atoms with Crippen molar-refractivity contribution in [2.75, 3.05) is 0 Å². The molecular weight excluding hydrogens is 349 g/mol. The lowest BCUT2D eigenvalue weighted by molar-refractivity contribution is 0.274. The highest BCUT2D eigenvalue weighted by Crippen LogP contribution is 2.25. The third-order valence-electron chi connectivity index (χ3n) is 3.09. The van der Waals surface area contributed by atoms with Crippen LogP contribution in [-0.2, 0) is 16.6 Å². The Labute approximate surface area is 127 Å². The van der Waals surface area contributed by atoms with E-state index in [1.165, 1.54) is 12.1 Å². The summed E-state index contributed by atoms with van der Waals surface area (Å²) in [5.74, 6) is -0.816. The van der Waals surface area contributed by atoms with Crippen molar-refractivity contribution in [2.24, 2.45) is 5.92 Å². The van der Waals surface area contributed by atoms with Crippen LogP contribution < -0.4 is 4.72 Å². The van der Waals surface area contributed by atoms with Crippen LogP contribution in [0.5, 0.6) is 0 Å². The largest absolute Gasteiger partial charge is 0.392 e. The van der Waals surface area contributed by atoms with E-state index in [4.69, 9.17) is 5.11 Å².